The molecule has 0 saturated heterocycles. The van der Waals surface area contributed by atoms with Crippen LogP contribution in [0.1, 0.15) is 86.1 Å². The summed E-state index contributed by atoms with van der Waals surface area (Å²) in [6, 6.07) is 7.87. The molecule has 0 bridgehead atoms. The van der Waals surface area contributed by atoms with Crippen molar-refractivity contribution in [3.8, 4) is 11.1 Å². The molecule has 3 heterocycles. The molecule has 2 aliphatic rings. The van der Waals surface area contributed by atoms with Gasteiger partial charge in [-0.15, -0.1) is 11.3 Å². The highest BCUT2D eigenvalue weighted by Crippen LogP contribution is 2.41. The first kappa shape index (κ1) is 30.4. The van der Waals surface area contributed by atoms with Gasteiger partial charge in [0.05, 0.1) is 13.2 Å². The number of carbonyl (C=O) groups is 1. The number of aliphatic imine (C=N–C) groups is 1. The molecule has 9 nitrogen and oxygen atoms in total. The maximum atomic E-state index is 13.7. The van der Waals surface area contributed by atoms with E-state index in [-0.39, 0.29) is 15.9 Å². The Morgan fingerprint density at radius 3 is 2.55 bits per heavy atom. The Bertz CT molecular complexity index is 1600. The molecule has 1 saturated carbocycles. The van der Waals surface area contributed by atoms with E-state index in [9.17, 15) is 13.2 Å². The number of benzene rings is 1. The number of unbranched alkanes of at least 4 members (excludes halogenated alkanes) is 1. The number of nitrogens with zero attached hydrogens (tertiary/aromatic N) is 3. The quantitative estimate of drug-likeness (QED) is 0.238. The zero-order chi connectivity index (χ0) is 30.1. The van der Waals surface area contributed by atoms with Crippen molar-refractivity contribution in [3.05, 3.63) is 51.6 Å². The van der Waals surface area contributed by atoms with Crippen molar-refractivity contribution in [1.29, 1.82) is 0 Å². The SMILES string of the molecule is CCCCC1=NC2(CCCC2)C(=O)N1Cc1ccc(-c2cc(C)sc2S(=O)(=O)Nc2noc(C)c2C)c(COCC)c1. The molecule has 3 aromatic rings. The van der Waals surface area contributed by atoms with E-state index >= 15 is 0 Å². The second-order valence-corrected chi connectivity index (χ2v) is 14.4. The molecule has 1 aromatic carbocycles. The predicted molar refractivity (Wildman–Crippen MR) is 165 cm³/mol. The van der Waals surface area contributed by atoms with E-state index in [1.54, 1.807) is 13.8 Å². The molecule has 1 N–H and O–H groups in total. The minimum atomic E-state index is -3.95. The number of aromatic nitrogens is 1. The number of hydrogen-bond acceptors (Lipinski definition) is 8. The van der Waals surface area contributed by atoms with Gasteiger partial charge in [0.1, 0.15) is 21.3 Å². The number of ether oxygens (including phenoxy) is 1. The van der Waals surface area contributed by atoms with E-state index in [0.29, 0.717) is 36.6 Å². The first-order valence-corrected chi connectivity index (χ1v) is 17.0. The zero-order valence-corrected chi connectivity index (χ0v) is 26.7. The van der Waals surface area contributed by atoms with E-state index in [2.05, 4.69) is 16.8 Å². The van der Waals surface area contributed by atoms with Crippen LogP contribution in [0, 0.1) is 20.8 Å². The summed E-state index contributed by atoms with van der Waals surface area (Å²) in [6.45, 7) is 10.7. The van der Waals surface area contributed by atoms with Gasteiger partial charge in [-0.2, -0.15) is 0 Å². The number of amidine groups is 1. The maximum Gasteiger partial charge on any atom is 0.273 e. The van der Waals surface area contributed by atoms with Crippen molar-refractivity contribution in [2.24, 2.45) is 4.99 Å². The number of carbonyl (C=O) groups excluding carboxylic acids is 1. The monoisotopic (exact) mass is 612 g/mol. The van der Waals surface area contributed by atoms with Gasteiger partial charge < -0.3 is 9.26 Å². The Morgan fingerprint density at radius 2 is 1.88 bits per heavy atom. The molecular formula is C31H40N4O5S2. The smallest absolute Gasteiger partial charge is 0.273 e. The van der Waals surface area contributed by atoms with Crippen LogP contribution in [0.5, 0.6) is 0 Å². The standard InChI is InChI=1S/C31H40N4O5S2/c1-6-8-11-27-32-31(14-9-10-15-31)30(36)35(27)18-23-12-13-25(24(17-23)19-39-7-2)26-16-20(3)41-29(26)42(37,38)34-28-21(4)22(5)40-33-28/h12-13,16-17H,6-11,14-15,18-19H2,1-5H3,(H,33,34). The largest absolute Gasteiger partial charge is 0.377 e. The Hall–Kier alpha value is -3.02. The lowest BCUT2D eigenvalue weighted by molar-refractivity contribution is -0.131. The van der Waals surface area contributed by atoms with Crippen molar-refractivity contribution in [2.75, 3.05) is 11.3 Å². The van der Waals surface area contributed by atoms with Gasteiger partial charge in [-0.3, -0.25) is 19.4 Å². The van der Waals surface area contributed by atoms with Crippen LogP contribution >= 0.6 is 11.3 Å². The average Bonchev–Trinajstić information content (AvgIpc) is 3.73. The third-order valence-electron chi connectivity index (χ3n) is 8.20. The first-order valence-electron chi connectivity index (χ1n) is 14.7. The highest BCUT2D eigenvalue weighted by Gasteiger charge is 2.49. The lowest BCUT2D eigenvalue weighted by Crippen LogP contribution is -2.40. The van der Waals surface area contributed by atoms with Crippen LogP contribution < -0.4 is 4.72 Å². The van der Waals surface area contributed by atoms with Gasteiger partial charge >= 0.3 is 0 Å². The zero-order valence-electron chi connectivity index (χ0n) is 25.1. The Balaban J connectivity index is 1.48. The third kappa shape index (κ3) is 5.91. The molecule has 1 fully saturated rings. The fourth-order valence-electron chi connectivity index (χ4n) is 5.79. The lowest BCUT2D eigenvalue weighted by Gasteiger charge is -2.23. The number of rotatable bonds is 12. The normalized spacial score (nSPS) is 16.5. The van der Waals surface area contributed by atoms with Gasteiger partial charge in [0, 0.05) is 29.0 Å². The first-order chi connectivity index (χ1) is 20.1. The van der Waals surface area contributed by atoms with Gasteiger partial charge in [0.25, 0.3) is 15.9 Å². The van der Waals surface area contributed by atoms with Crippen LogP contribution in [0.4, 0.5) is 5.82 Å². The van der Waals surface area contributed by atoms with Crippen LogP contribution in [-0.4, -0.2) is 42.4 Å². The number of hydrogen-bond donors (Lipinski definition) is 1. The Labute approximate surface area is 252 Å². The molecular weight excluding hydrogens is 572 g/mol. The van der Waals surface area contributed by atoms with Crippen molar-refractivity contribution >= 4 is 38.9 Å². The maximum absolute atomic E-state index is 13.7. The number of aryl methyl sites for hydroxylation is 2. The summed E-state index contributed by atoms with van der Waals surface area (Å²) in [5, 5.41) is 3.89. The van der Waals surface area contributed by atoms with Crippen molar-refractivity contribution in [2.45, 2.75) is 102 Å². The molecule has 0 atom stereocenters. The van der Waals surface area contributed by atoms with Gasteiger partial charge in [-0.1, -0.05) is 49.5 Å². The third-order valence-corrected chi connectivity index (χ3v) is 11.1. The van der Waals surface area contributed by atoms with Crippen LogP contribution in [0.15, 0.2) is 38.0 Å². The minimum absolute atomic E-state index is 0.118. The summed E-state index contributed by atoms with van der Waals surface area (Å²) in [7, 11) is -3.95. The molecule has 226 valence electrons. The van der Waals surface area contributed by atoms with Crippen LogP contribution in [-0.2, 0) is 32.7 Å². The number of thiophene rings is 1. The summed E-state index contributed by atoms with van der Waals surface area (Å²) < 4.78 is 41.0. The summed E-state index contributed by atoms with van der Waals surface area (Å²) in [4.78, 5) is 21.5. The fourth-order valence-corrected chi connectivity index (χ4v) is 8.49. The van der Waals surface area contributed by atoms with E-state index in [0.717, 1.165) is 72.3 Å². The molecule has 2 aromatic heterocycles. The van der Waals surface area contributed by atoms with Crippen molar-refractivity contribution < 1.29 is 22.5 Å². The number of anilines is 1. The van der Waals surface area contributed by atoms with Crippen LogP contribution in [0.2, 0.25) is 0 Å². The van der Waals surface area contributed by atoms with Crippen molar-refractivity contribution in [3.63, 3.8) is 0 Å². The predicted octanol–water partition coefficient (Wildman–Crippen LogP) is 6.91. The minimum Gasteiger partial charge on any atom is -0.377 e. The number of amides is 1. The summed E-state index contributed by atoms with van der Waals surface area (Å²) >= 11 is 1.21. The molecule has 0 unspecified atom stereocenters. The fraction of sp³-hybridized carbons (Fsp3) is 0.516. The highest BCUT2D eigenvalue weighted by atomic mass is 32.2. The molecule has 5 rings (SSSR count). The number of nitrogens with one attached hydrogen (secondary N) is 1. The Morgan fingerprint density at radius 1 is 1.12 bits per heavy atom. The van der Waals surface area contributed by atoms with Gasteiger partial charge in [0.15, 0.2) is 5.82 Å². The topological polar surface area (TPSA) is 114 Å². The second kappa shape index (κ2) is 12.3. The van der Waals surface area contributed by atoms with Crippen LogP contribution in [0.3, 0.4) is 0 Å². The molecule has 0 radical (unpaired) electrons. The van der Waals surface area contributed by atoms with E-state index in [4.69, 9.17) is 14.3 Å². The summed E-state index contributed by atoms with van der Waals surface area (Å²) in [5.41, 5.74) is 3.28. The molecule has 42 heavy (non-hydrogen) atoms. The number of sulfonamides is 1. The summed E-state index contributed by atoms with van der Waals surface area (Å²) in [6.07, 6.45) is 6.54. The van der Waals surface area contributed by atoms with E-state index in [1.807, 2.05) is 43.0 Å². The van der Waals surface area contributed by atoms with E-state index in [1.165, 1.54) is 11.3 Å². The molecule has 1 aliphatic carbocycles. The highest BCUT2D eigenvalue weighted by molar-refractivity contribution is 7.94. The van der Waals surface area contributed by atoms with Gasteiger partial charge in [0.2, 0.25) is 0 Å². The summed E-state index contributed by atoms with van der Waals surface area (Å²) in [5.74, 6) is 1.76. The molecule has 1 amide bonds. The molecule has 1 spiro atoms. The van der Waals surface area contributed by atoms with Crippen LogP contribution in [0.25, 0.3) is 11.1 Å². The second-order valence-electron chi connectivity index (χ2n) is 11.3. The molecule has 1 aliphatic heterocycles. The van der Waals surface area contributed by atoms with Gasteiger partial charge in [-0.05, 0) is 69.7 Å². The van der Waals surface area contributed by atoms with Gasteiger partial charge in [-0.25, -0.2) is 8.42 Å². The molecule has 11 heteroatoms. The van der Waals surface area contributed by atoms with Crippen molar-refractivity contribution in [1.82, 2.24) is 10.1 Å². The van der Waals surface area contributed by atoms with E-state index < -0.39 is 15.6 Å². The lowest BCUT2D eigenvalue weighted by atomic mass is 9.97. The Kier molecular flexibility index (Phi) is 8.91. The average molecular weight is 613 g/mol.